The quantitative estimate of drug-likeness (QED) is 0.206. The summed E-state index contributed by atoms with van der Waals surface area (Å²) in [5.41, 5.74) is 15.3. The highest BCUT2D eigenvalue weighted by atomic mass is 14.9. The Balaban J connectivity index is 1.37. The molecule has 0 amide bonds. The summed E-state index contributed by atoms with van der Waals surface area (Å²) >= 11 is 0. The zero-order valence-electron chi connectivity index (χ0n) is 24.2. The highest BCUT2D eigenvalue weighted by Gasteiger charge is 2.31. The van der Waals surface area contributed by atoms with Crippen molar-refractivity contribution in [2.45, 2.75) is 33.1 Å². The van der Waals surface area contributed by atoms with Gasteiger partial charge in [0.05, 0.1) is 16.6 Å². The van der Waals surface area contributed by atoms with Crippen molar-refractivity contribution < 1.29 is 0 Å². The van der Waals surface area contributed by atoms with Crippen molar-refractivity contribution in [2.75, 3.05) is 0 Å². The average molecular weight is 540 g/mol. The van der Waals surface area contributed by atoms with E-state index in [4.69, 9.17) is 0 Å². The molecule has 0 aliphatic heterocycles. The third kappa shape index (κ3) is 3.14. The first-order chi connectivity index (χ1) is 20.7. The normalized spacial score (nSPS) is 18.2. The SMILES string of the molecule is CCC1Cc2c(cccc2-c2cccc3c2c2cccc4c5ccccc5n3c42)-c2cccc(c2C)C2=CC=CCC21. The van der Waals surface area contributed by atoms with Crippen LogP contribution in [0.1, 0.15) is 36.5 Å². The molecule has 2 aromatic heterocycles. The third-order valence-electron chi connectivity index (χ3n) is 10.4. The van der Waals surface area contributed by atoms with Gasteiger partial charge in [0, 0.05) is 21.5 Å². The summed E-state index contributed by atoms with van der Waals surface area (Å²) in [7, 11) is 0. The van der Waals surface area contributed by atoms with Gasteiger partial charge in [-0.25, -0.2) is 0 Å². The number of hydrogen-bond donors (Lipinski definition) is 0. The smallest absolute Gasteiger partial charge is 0.0620 e. The van der Waals surface area contributed by atoms with Gasteiger partial charge in [-0.1, -0.05) is 117 Å². The van der Waals surface area contributed by atoms with Gasteiger partial charge in [-0.2, -0.15) is 0 Å². The molecule has 0 radical (unpaired) electrons. The summed E-state index contributed by atoms with van der Waals surface area (Å²) in [6, 6.07) is 36.7. The molecule has 2 bridgehead atoms. The molecule has 2 atom stereocenters. The number of fused-ring (bicyclic) bond motifs is 12. The van der Waals surface area contributed by atoms with Crippen LogP contribution in [0, 0.1) is 18.8 Å². The second-order valence-electron chi connectivity index (χ2n) is 12.3. The Bertz CT molecular complexity index is 2260. The van der Waals surface area contributed by atoms with Gasteiger partial charge in [0.25, 0.3) is 0 Å². The minimum atomic E-state index is 0.537. The van der Waals surface area contributed by atoms with Crippen LogP contribution >= 0.6 is 0 Å². The first-order valence-electron chi connectivity index (χ1n) is 15.5. The molecule has 2 aliphatic carbocycles. The molecule has 1 nitrogen and oxygen atoms in total. The van der Waals surface area contributed by atoms with E-state index in [9.17, 15) is 0 Å². The van der Waals surface area contributed by atoms with Gasteiger partial charge < -0.3 is 4.40 Å². The fourth-order valence-corrected chi connectivity index (χ4v) is 8.47. The lowest BCUT2D eigenvalue weighted by Crippen LogP contribution is -2.19. The van der Waals surface area contributed by atoms with E-state index in [1.807, 2.05) is 0 Å². The fourth-order valence-electron chi connectivity index (χ4n) is 8.47. The van der Waals surface area contributed by atoms with E-state index in [0.29, 0.717) is 11.8 Å². The van der Waals surface area contributed by atoms with Gasteiger partial charge in [0.2, 0.25) is 0 Å². The number of nitrogens with zero attached hydrogens (tertiary/aromatic N) is 1. The molecule has 5 aromatic carbocycles. The Morgan fingerprint density at radius 1 is 0.667 bits per heavy atom. The molecular weight excluding hydrogens is 506 g/mol. The average Bonchev–Trinajstić information content (AvgIpc) is 3.56. The number of allylic oxidation sites excluding steroid dienone is 4. The first-order valence-corrected chi connectivity index (χ1v) is 15.5. The molecule has 0 saturated carbocycles. The van der Waals surface area contributed by atoms with Crippen LogP contribution in [0.2, 0.25) is 0 Å². The van der Waals surface area contributed by atoms with Gasteiger partial charge in [-0.05, 0) is 88.3 Å². The molecule has 0 N–H and O–H groups in total. The predicted molar refractivity (Wildman–Crippen MR) is 179 cm³/mol. The maximum Gasteiger partial charge on any atom is 0.0620 e. The van der Waals surface area contributed by atoms with E-state index < -0.39 is 0 Å². The van der Waals surface area contributed by atoms with Crippen molar-refractivity contribution in [1.82, 2.24) is 4.40 Å². The molecule has 42 heavy (non-hydrogen) atoms. The lowest BCUT2D eigenvalue weighted by Gasteiger charge is -2.30. The standard InChI is InChI=1S/C41H33N/c1-3-26-24-37-31(28-16-8-15-27(25(28)2)30-13-5-4-12-29(26)30)17-9-18-32(37)34-19-11-23-39-40(34)36-21-10-20-35-33-14-6-7-22-38(33)42(39)41(35)36/h4-11,13-23,26,29H,3,12,24H2,1-2H3. The Kier molecular flexibility index (Phi) is 5.11. The van der Waals surface area contributed by atoms with Crippen LogP contribution in [-0.2, 0) is 6.42 Å². The lowest BCUT2D eigenvalue weighted by molar-refractivity contribution is 0.392. The first kappa shape index (κ1) is 24.0. The zero-order chi connectivity index (χ0) is 27.9. The molecule has 2 aliphatic rings. The molecule has 0 saturated heterocycles. The van der Waals surface area contributed by atoms with E-state index in [0.717, 1.165) is 12.8 Å². The lowest BCUT2D eigenvalue weighted by atomic mass is 9.74. The number of benzene rings is 5. The predicted octanol–water partition coefficient (Wildman–Crippen LogP) is 11.0. The molecule has 9 rings (SSSR count). The monoisotopic (exact) mass is 539 g/mol. The molecule has 0 spiro atoms. The summed E-state index contributed by atoms with van der Waals surface area (Å²) in [6.07, 6.45) is 10.4. The molecule has 2 heterocycles. The molecule has 202 valence electrons. The van der Waals surface area contributed by atoms with Crippen molar-refractivity contribution in [3.63, 3.8) is 0 Å². The Morgan fingerprint density at radius 2 is 1.33 bits per heavy atom. The summed E-state index contributed by atoms with van der Waals surface area (Å²) in [5, 5.41) is 5.39. The van der Waals surface area contributed by atoms with Crippen LogP contribution in [0.3, 0.4) is 0 Å². The topological polar surface area (TPSA) is 4.41 Å². The Labute approximate surface area is 246 Å². The van der Waals surface area contributed by atoms with Crippen LogP contribution in [0.5, 0.6) is 0 Å². The minimum absolute atomic E-state index is 0.537. The molecule has 1 heteroatoms. The van der Waals surface area contributed by atoms with E-state index >= 15 is 0 Å². The van der Waals surface area contributed by atoms with Gasteiger partial charge in [0.1, 0.15) is 0 Å². The van der Waals surface area contributed by atoms with Crippen LogP contribution < -0.4 is 0 Å². The van der Waals surface area contributed by atoms with Gasteiger partial charge in [0.15, 0.2) is 0 Å². The zero-order valence-corrected chi connectivity index (χ0v) is 24.2. The van der Waals surface area contributed by atoms with E-state index in [1.54, 1.807) is 0 Å². The third-order valence-corrected chi connectivity index (χ3v) is 10.4. The highest BCUT2D eigenvalue weighted by Crippen LogP contribution is 2.48. The van der Waals surface area contributed by atoms with E-state index in [-0.39, 0.29) is 0 Å². The minimum Gasteiger partial charge on any atom is -0.308 e. The highest BCUT2D eigenvalue weighted by molar-refractivity contribution is 6.26. The molecule has 7 aromatic rings. The van der Waals surface area contributed by atoms with Gasteiger partial charge >= 0.3 is 0 Å². The van der Waals surface area contributed by atoms with Gasteiger partial charge in [-0.15, -0.1) is 0 Å². The summed E-state index contributed by atoms with van der Waals surface area (Å²) in [6.45, 7) is 4.73. The number of hydrogen-bond acceptors (Lipinski definition) is 0. The molecule has 0 fully saturated rings. The Morgan fingerprint density at radius 3 is 2.21 bits per heavy atom. The summed E-state index contributed by atoms with van der Waals surface area (Å²) in [5.74, 6) is 1.11. The van der Waals surface area contributed by atoms with Crippen molar-refractivity contribution in [3.05, 3.63) is 132 Å². The van der Waals surface area contributed by atoms with Crippen LogP contribution in [-0.4, -0.2) is 4.40 Å². The second kappa shape index (κ2) is 8.94. The van der Waals surface area contributed by atoms with Crippen molar-refractivity contribution in [2.24, 2.45) is 11.8 Å². The van der Waals surface area contributed by atoms with Crippen molar-refractivity contribution >= 4 is 43.7 Å². The van der Waals surface area contributed by atoms with Crippen LogP contribution in [0.4, 0.5) is 0 Å². The van der Waals surface area contributed by atoms with Crippen molar-refractivity contribution in [1.29, 1.82) is 0 Å². The van der Waals surface area contributed by atoms with Crippen molar-refractivity contribution in [3.8, 4) is 22.3 Å². The maximum absolute atomic E-state index is 2.50. The number of aromatic nitrogens is 1. The van der Waals surface area contributed by atoms with Crippen LogP contribution in [0.15, 0.2) is 115 Å². The Hall–Kier alpha value is -4.62. The van der Waals surface area contributed by atoms with Gasteiger partial charge in [-0.3, -0.25) is 0 Å². The number of para-hydroxylation sites is 2. The van der Waals surface area contributed by atoms with E-state index in [2.05, 4.69) is 134 Å². The number of rotatable bonds is 2. The summed E-state index contributed by atoms with van der Waals surface area (Å²) in [4.78, 5) is 0. The molecule has 2 unspecified atom stereocenters. The molecular formula is C41H33N. The van der Waals surface area contributed by atoms with E-state index in [1.165, 1.54) is 89.0 Å². The largest absolute Gasteiger partial charge is 0.308 e. The van der Waals surface area contributed by atoms with Crippen LogP contribution in [0.25, 0.3) is 65.9 Å². The maximum atomic E-state index is 2.50. The fraction of sp³-hybridized carbons (Fsp3) is 0.171. The second-order valence-corrected chi connectivity index (χ2v) is 12.3. The summed E-state index contributed by atoms with van der Waals surface area (Å²) < 4.78 is 2.50.